The molecule has 2 N–H and O–H groups in total. The van der Waals surface area contributed by atoms with Gasteiger partial charge < -0.3 is 15.0 Å². The van der Waals surface area contributed by atoms with Gasteiger partial charge in [0.25, 0.3) is 0 Å². The second kappa shape index (κ2) is 6.98. The maximum atomic E-state index is 12.6. The lowest BCUT2D eigenvalue weighted by atomic mass is 9.92. The highest BCUT2D eigenvalue weighted by Gasteiger charge is 2.46. The van der Waals surface area contributed by atoms with Gasteiger partial charge in [-0.15, -0.1) is 0 Å². The van der Waals surface area contributed by atoms with Crippen LogP contribution >= 0.6 is 0 Å². The first-order valence-corrected chi connectivity index (χ1v) is 9.35. The van der Waals surface area contributed by atoms with E-state index in [1.54, 1.807) is 4.90 Å². The molecule has 1 saturated heterocycles. The molecular formula is C21H24N2O3. The highest BCUT2D eigenvalue weighted by atomic mass is 16.4. The molecule has 2 fully saturated rings. The lowest BCUT2D eigenvalue weighted by Gasteiger charge is -2.16. The minimum atomic E-state index is -0.755. The predicted molar refractivity (Wildman–Crippen MR) is 98.5 cm³/mol. The molecule has 2 atom stereocenters. The van der Waals surface area contributed by atoms with Crippen molar-refractivity contribution in [3.8, 4) is 11.3 Å². The number of hydrogen-bond donors (Lipinski definition) is 2. The zero-order chi connectivity index (χ0) is 18.1. The van der Waals surface area contributed by atoms with Crippen molar-refractivity contribution in [3.05, 3.63) is 48.2 Å². The Morgan fingerprint density at radius 1 is 1.08 bits per heavy atom. The number of aliphatic carboxylic acids is 1. The van der Waals surface area contributed by atoms with E-state index in [4.69, 9.17) is 0 Å². The van der Waals surface area contributed by atoms with E-state index in [0.717, 1.165) is 29.8 Å². The number of carbonyl (C=O) groups excluding carboxylic acids is 1. The number of hydrogen-bond acceptors (Lipinski definition) is 2. The van der Waals surface area contributed by atoms with Gasteiger partial charge in [-0.3, -0.25) is 9.59 Å². The number of nitrogens with zero attached hydrogens (tertiary/aromatic N) is 1. The summed E-state index contributed by atoms with van der Waals surface area (Å²) in [5.41, 5.74) is 3.21. The normalized spacial score (nSPS) is 22.5. The van der Waals surface area contributed by atoms with Gasteiger partial charge >= 0.3 is 5.97 Å². The molecule has 4 rings (SSSR count). The Morgan fingerprint density at radius 3 is 2.54 bits per heavy atom. The standard InChI is InChI=1S/C21H24N2O3/c24-20(23-12-17(14-6-7-14)18(13-23)21(25)26)11-9-16-8-10-19(22-16)15-4-2-1-3-5-15/h1-5,8,10,14,17-18,22H,6-7,9,11-13H2,(H,25,26)/t17-,18+/m1/s1. The largest absolute Gasteiger partial charge is 0.481 e. The number of H-pyrrole nitrogens is 1. The number of nitrogens with one attached hydrogen (secondary N) is 1. The maximum absolute atomic E-state index is 12.6. The number of aryl methyl sites for hydroxylation is 1. The molecule has 2 heterocycles. The van der Waals surface area contributed by atoms with Crippen LogP contribution in [0.1, 0.15) is 25.0 Å². The van der Waals surface area contributed by atoms with Gasteiger partial charge in [-0.1, -0.05) is 30.3 Å². The summed E-state index contributed by atoms with van der Waals surface area (Å²) in [6.45, 7) is 0.982. The van der Waals surface area contributed by atoms with Crippen molar-refractivity contribution in [1.29, 1.82) is 0 Å². The van der Waals surface area contributed by atoms with Crippen molar-refractivity contribution >= 4 is 11.9 Å². The number of aromatic amines is 1. The zero-order valence-corrected chi connectivity index (χ0v) is 14.7. The number of amides is 1. The molecule has 0 bridgehead atoms. The summed E-state index contributed by atoms with van der Waals surface area (Å²) in [6.07, 6.45) is 3.29. The molecule has 1 amide bonds. The number of likely N-dealkylation sites (tertiary alicyclic amines) is 1. The third-order valence-corrected chi connectivity index (χ3v) is 5.70. The van der Waals surface area contributed by atoms with E-state index in [-0.39, 0.29) is 17.7 Å². The summed E-state index contributed by atoms with van der Waals surface area (Å²) in [7, 11) is 0. The molecule has 1 aromatic carbocycles. The van der Waals surface area contributed by atoms with Crippen LogP contribution < -0.4 is 0 Å². The minimum absolute atomic E-state index is 0.0651. The first-order valence-electron chi connectivity index (χ1n) is 9.35. The van der Waals surface area contributed by atoms with Gasteiger partial charge in [-0.2, -0.15) is 0 Å². The summed E-state index contributed by atoms with van der Waals surface area (Å²) in [4.78, 5) is 29.2. The third-order valence-electron chi connectivity index (χ3n) is 5.70. The monoisotopic (exact) mass is 352 g/mol. The first-order chi connectivity index (χ1) is 12.6. The SMILES string of the molecule is O=C(O)[C@H]1CN(C(=O)CCc2ccc(-c3ccccc3)[nH]2)C[C@@H]1C1CC1. The molecule has 0 unspecified atom stereocenters. The average molecular weight is 352 g/mol. The minimum Gasteiger partial charge on any atom is -0.481 e. The number of carboxylic acid groups (broad SMARTS) is 1. The molecule has 1 aliphatic heterocycles. The van der Waals surface area contributed by atoms with E-state index in [0.29, 0.717) is 31.8 Å². The van der Waals surface area contributed by atoms with Crippen LogP contribution in [0.15, 0.2) is 42.5 Å². The first kappa shape index (κ1) is 16.9. The number of aromatic nitrogens is 1. The van der Waals surface area contributed by atoms with Gasteiger partial charge in [0, 0.05) is 30.9 Å². The number of benzene rings is 1. The Kier molecular flexibility index (Phi) is 4.53. The summed E-state index contributed by atoms with van der Waals surface area (Å²) < 4.78 is 0. The summed E-state index contributed by atoms with van der Waals surface area (Å²) >= 11 is 0. The molecule has 5 heteroatoms. The lowest BCUT2D eigenvalue weighted by Crippen LogP contribution is -2.30. The van der Waals surface area contributed by atoms with E-state index in [2.05, 4.69) is 17.1 Å². The zero-order valence-electron chi connectivity index (χ0n) is 14.7. The molecule has 1 saturated carbocycles. The smallest absolute Gasteiger partial charge is 0.308 e. The maximum Gasteiger partial charge on any atom is 0.308 e. The number of rotatable bonds is 6. The molecule has 0 radical (unpaired) electrons. The Labute approximate surface area is 153 Å². The second-order valence-corrected chi connectivity index (χ2v) is 7.51. The molecule has 26 heavy (non-hydrogen) atoms. The second-order valence-electron chi connectivity index (χ2n) is 7.51. The van der Waals surface area contributed by atoms with Gasteiger partial charge in [0.05, 0.1) is 5.92 Å². The third kappa shape index (κ3) is 3.52. The fourth-order valence-corrected chi connectivity index (χ4v) is 4.07. The van der Waals surface area contributed by atoms with Crippen molar-refractivity contribution < 1.29 is 14.7 Å². The highest BCUT2D eigenvalue weighted by Crippen LogP contribution is 2.44. The van der Waals surface area contributed by atoms with Crippen LogP contribution in [-0.2, 0) is 16.0 Å². The fraction of sp³-hybridized carbons (Fsp3) is 0.429. The van der Waals surface area contributed by atoms with E-state index in [1.807, 2.05) is 30.3 Å². The van der Waals surface area contributed by atoms with Crippen molar-refractivity contribution in [2.45, 2.75) is 25.7 Å². The molecule has 1 aromatic heterocycles. The van der Waals surface area contributed by atoms with E-state index in [1.165, 1.54) is 0 Å². The Bertz CT molecular complexity index is 795. The van der Waals surface area contributed by atoms with E-state index >= 15 is 0 Å². The summed E-state index contributed by atoms with van der Waals surface area (Å²) in [6, 6.07) is 14.1. The van der Waals surface area contributed by atoms with Gasteiger partial charge in [0.1, 0.15) is 0 Å². The van der Waals surface area contributed by atoms with Crippen LogP contribution in [-0.4, -0.2) is 40.0 Å². The predicted octanol–water partition coefficient (Wildman–Crippen LogP) is 3.18. The summed E-state index contributed by atoms with van der Waals surface area (Å²) in [5, 5.41) is 9.44. The van der Waals surface area contributed by atoms with Crippen molar-refractivity contribution in [2.75, 3.05) is 13.1 Å². The van der Waals surface area contributed by atoms with Crippen LogP contribution in [0.5, 0.6) is 0 Å². The van der Waals surface area contributed by atoms with Crippen LogP contribution in [0, 0.1) is 17.8 Å². The number of carbonyl (C=O) groups is 2. The molecule has 1 aliphatic carbocycles. The highest BCUT2D eigenvalue weighted by molar-refractivity contribution is 5.79. The molecule has 5 nitrogen and oxygen atoms in total. The fourth-order valence-electron chi connectivity index (χ4n) is 4.07. The molecule has 0 spiro atoms. The average Bonchev–Trinajstić information content (AvgIpc) is 3.21. The van der Waals surface area contributed by atoms with Gasteiger partial charge in [0.15, 0.2) is 0 Å². The van der Waals surface area contributed by atoms with E-state index in [9.17, 15) is 14.7 Å². The van der Waals surface area contributed by atoms with Gasteiger partial charge in [-0.25, -0.2) is 0 Å². The molecule has 2 aliphatic rings. The van der Waals surface area contributed by atoms with E-state index < -0.39 is 5.97 Å². The van der Waals surface area contributed by atoms with Crippen molar-refractivity contribution in [3.63, 3.8) is 0 Å². The van der Waals surface area contributed by atoms with Crippen LogP contribution in [0.25, 0.3) is 11.3 Å². The Hall–Kier alpha value is -2.56. The molecule has 2 aromatic rings. The summed E-state index contributed by atoms with van der Waals surface area (Å²) in [5.74, 6) is -0.427. The van der Waals surface area contributed by atoms with Gasteiger partial charge in [-0.05, 0) is 48.8 Å². The van der Waals surface area contributed by atoms with Crippen molar-refractivity contribution in [2.24, 2.45) is 17.8 Å². The van der Waals surface area contributed by atoms with Crippen LogP contribution in [0.3, 0.4) is 0 Å². The van der Waals surface area contributed by atoms with Crippen molar-refractivity contribution in [1.82, 2.24) is 9.88 Å². The molecule has 136 valence electrons. The Balaban J connectivity index is 1.34. The Morgan fingerprint density at radius 2 is 1.85 bits per heavy atom. The topological polar surface area (TPSA) is 73.4 Å². The number of carboxylic acids is 1. The molecular weight excluding hydrogens is 328 g/mol. The van der Waals surface area contributed by atoms with Crippen LogP contribution in [0.4, 0.5) is 0 Å². The quantitative estimate of drug-likeness (QED) is 0.838. The lowest BCUT2D eigenvalue weighted by molar-refractivity contribution is -0.142. The van der Waals surface area contributed by atoms with Gasteiger partial charge in [0.2, 0.25) is 5.91 Å². The van der Waals surface area contributed by atoms with Crippen LogP contribution in [0.2, 0.25) is 0 Å².